The topological polar surface area (TPSA) is 60.2 Å². The van der Waals surface area contributed by atoms with Crippen LogP contribution >= 0.6 is 11.6 Å². The number of halogens is 2. The van der Waals surface area contributed by atoms with Crippen molar-refractivity contribution in [3.05, 3.63) is 28.5 Å². The first kappa shape index (κ1) is 12.8. The average molecular weight is 278 g/mol. The van der Waals surface area contributed by atoms with Crippen LogP contribution in [-0.4, -0.2) is 21.2 Å². The fraction of sp³-hybridized carbons (Fsp3) is 0.455. The van der Waals surface area contributed by atoms with Gasteiger partial charge in [0.15, 0.2) is 9.84 Å². The zero-order valence-corrected chi connectivity index (χ0v) is 10.9. The maximum absolute atomic E-state index is 13.8. The quantitative estimate of drug-likeness (QED) is 0.918. The molecule has 0 amide bonds. The van der Waals surface area contributed by atoms with E-state index in [4.69, 9.17) is 17.3 Å². The molecule has 0 aromatic heterocycles. The van der Waals surface area contributed by atoms with Crippen LogP contribution in [-0.2, 0) is 15.3 Å². The maximum atomic E-state index is 13.8. The number of sulfone groups is 1. The van der Waals surface area contributed by atoms with Gasteiger partial charge in [-0.2, -0.15) is 0 Å². The largest absolute Gasteiger partial charge is 0.330 e. The fourth-order valence-electron chi connectivity index (χ4n) is 1.98. The lowest BCUT2D eigenvalue weighted by atomic mass is 9.96. The molecule has 17 heavy (non-hydrogen) atoms. The molecule has 0 bridgehead atoms. The van der Waals surface area contributed by atoms with Gasteiger partial charge in [-0.3, -0.25) is 0 Å². The Morgan fingerprint density at radius 2 is 2.06 bits per heavy atom. The maximum Gasteiger partial charge on any atom is 0.179 e. The number of nitrogens with two attached hydrogens (primary N) is 1. The summed E-state index contributed by atoms with van der Waals surface area (Å²) in [6, 6.07) is 2.75. The summed E-state index contributed by atoms with van der Waals surface area (Å²) in [5.74, 6) is -0.797. The van der Waals surface area contributed by atoms with E-state index in [1.165, 1.54) is 12.1 Å². The fourth-order valence-corrected chi connectivity index (χ4v) is 3.44. The highest BCUT2D eigenvalue weighted by atomic mass is 35.5. The van der Waals surface area contributed by atoms with E-state index in [-0.39, 0.29) is 10.4 Å². The second-order valence-corrected chi connectivity index (χ2v) is 6.89. The lowest BCUT2D eigenvalue weighted by Gasteiger charge is -2.15. The molecule has 0 spiro atoms. The van der Waals surface area contributed by atoms with Gasteiger partial charge in [0.25, 0.3) is 0 Å². The van der Waals surface area contributed by atoms with Gasteiger partial charge in [-0.05, 0) is 30.5 Å². The third kappa shape index (κ3) is 2.19. The van der Waals surface area contributed by atoms with Gasteiger partial charge in [0.1, 0.15) is 10.7 Å². The van der Waals surface area contributed by atoms with Gasteiger partial charge in [-0.1, -0.05) is 11.6 Å². The summed E-state index contributed by atoms with van der Waals surface area (Å²) < 4.78 is 36.5. The van der Waals surface area contributed by atoms with Crippen LogP contribution in [0, 0.1) is 5.82 Å². The minimum absolute atomic E-state index is 0.0674. The van der Waals surface area contributed by atoms with Crippen molar-refractivity contribution in [1.29, 1.82) is 0 Å². The van der Waals surface area contributed by atoms with Gasteiger partial charge in [0.05, 0.1) is 5.02 Å². The van der Waals surface area contributed by atoms with Crippen molar-refractivity contribution < 1.29 is 12.8 Å². The molecule has 1 aromatic rings. The lowest BCUT2D eigenvalue weighted by molar-refractivity contribution is 0.566. The van der Waals surface area contributed by atoms with Crippen LogP contribution in [0.3, 0.4) is 0 Å². The Hall–Kier alpha value is -0.650. The molecule has 1 fully saturated rings. The van der Waals surface area contributed by atoms with E-state index in [1.54, 1.807) is 0 Å². The van der Waals surface area contributed by atoms with Crippen molar-refractivity contribution in [1.82, 2.24) is 0 Å². The molecule has 94 valence electrons. The van der Waals surface area contributed by atoms with Crippen LogP contribution < -0.4 is 5.73 Å². The molecule has 1 aliphatic carbocycles. The van der Waals surface area contributed by atoms with Gasteiger partial charge >= 0.3 is 0 Å². The van der Waals surface area contributed by atoms with E-state index in [9.17, 15) is 12.8 Å². The molecule has 0 unspecified atom stereocenters. The molecule has 6 heteroatoms. The number of benzene rings is 1. The molecule has 0 aliphatic heterocycles. The molecule has 2 rings (SSSR count). The molecular formula is C11H13ClFNO2S. The van der Waals surface area contributed by atoms with E-state index >= 15 is 0 Å². The minimum Gasteiger partial charge on any atom is -0.330 e. The molecule has 1 aromatic carbocycles. The summed E-state index contributed by atoms with van der Waals surface area (Å²) in [7, 11) is -3.65. The van der Waals surface area contributed by atoms with Gasteiger partial charge < -0.3 is 5.73 Å². The second kappa shape index (κ2) is 3.93. The normalized spacial score (nSPS) is 18.1. The average Bonchev–Trinajstić information content (AvgIpc) is 2.94. The Bertz CT molecular complexity index is 544. The van der Waals surface area contributed by atoms with E-state index in [2.05, 4.69) is 0 Å². The predicted molar refractivity (Wildman–Crippen MR) is 64.5 cm³/mol. The SMILES string of the molecule is CS(=O)(=O)c1c(F)cc(C2(CN)CC2)cc1Cl. The molecule has 0 radical (unpaired) electrons. The van der Waals surface area contributed by atoms with Gasteiger partial charge in [-0.25, -0.2) is 12.8 Å². The van der Waals surface area contributed by atoms with Crippen molar-refractivity contribution in [3.8, 4) is 0 Å². The van der Waals surface area contributed by atoms with Gasteiger partial charge in [0.2, 0.25) is 0 Å². The van der Waals surface area contributed by atoms with Crippen molar-refractivity contribution >= 4 is 21.4 Å². The Morgan fingerprint density at radius 3 is 2.41 bits per heavy atom. The molecule has 3 nitrogen and oxygen atoms in total. The lowest BCUT2D eigenvalue weighted by Crippen LogP contribution is -2.20. The van der Waals surface area contributed by atoms with Crippen molar-refractivity contribution in [2.45, 2.75) is 23.2 Å². The van der Waals surface area contributed by atoms with E-state index in [1.807, 2.05) is 0 Å². The molecule has 1 aliphatic rings. The summed E-state index contributed by atoms with van der Waals surface area (Å²) in [6.07, 6.45) is 2.71. The van der Waals surface area contributed by atoms with Crippen LogP contribution in [0.15, 0.2) is 17.0 Å². The summed E-state index contributed by atoms with van der Waals surface area (Å²) in [5, 5.41) is -0.0674. The second-order valence-electron chi connectivity index (χ2n) is 4.53. The first-order chi connectivity index (χ1) is 7.80. The molecule has 0 saturated heterocycles. The van der Waals surface area contributed by atoms with Gasteiger partial charge in [-0.15, -0.1) is 0 Å². The highest BCUT2D eigenvalue weighted by Gasteiger charge is 2.43. The smallest absolute Gasteiger partial charge is 0.179 e. The van der Waals surface area contributed by atoms with Crippen LogP contribution in [0.25, 0.3) is 0 Å². The highest BCUT2D eigenvalue weighted by molar-refractivity contribution is 7.90. The van der Waals surface area contributed by atoms with Crippen molar-refractivity contribution in [3.63, 3.8) is 0 Å². The Labute approximate surface area is 105 Å². The highest BCUT2D eigenvalue weighted by Crippen LogP contribution is 2.48. The standard InChI is InChI=1S/C11H13ClFNO2S/c1-17(15,16)10-8(12)4-7(5-9(10)13)11(6-14)2-3-11/h4-5H,2-3,6,14H2,1H3. The molecular weight excluding hydrogens is 265 g/mol. The van der Waals surface area contributed by atoms with E-state index in [0.29, 0.717) is 12.1 Å². The third-order valence-electron chi connectivity index (χ3n) is 3.23. The number of rotatable bonds is 3. The molecule has 2 N–H and O–H groups in total. The van der Waals surface area contributed by atoms with Crippen LogP contribution in [0.5, 0.6) is 0 Å². The molecule has 0 heterocycles. The van der Waals surface area contributed by atoms with E-state index in [0.717, 1.165) is 19.1 Å². The van der Waals surface area contributed by atoms with Crippen molar-refractivity contribution in [2.75, 3.05) is 12.8 Å². The van der Waals surface area contributed by atoms with Crippen molar-refractivity contribution in [2.24, 2.45) is 5.73 Å². The summed E-state index contributed by atoms with van der Waals surface area (Å²) in [6.45, 7) is 0.418. The van der Waals surface area contributed by atoms with E-state index < -0.39 is 20.5 Å². The van der Waals surface area contributed by atoms with Crippen LogP contribution in [0.1, 0.15) is 18.4 Å². The predicted octanol–water partition coefficient (Wildman–Crippen LogP) is 1.87. The number of hydrogen-bond acceptors (Lipinski definition) is 3. The molecule has 0 atom stereocenters. The summed E-state index contributed by atoms with van der Waals surface area (Å²) in [4.78, 5) is -0.435. The Kier molecular flexibility index (Phi) is 2.96. The summed E-state index contributed by atoms with van der Waals surface area (Å²) >= 11 is 5.85. The Morgan fingerprint density at radius 1 is 1.47 bits per heavy atom. The molecule has 1 saturated carbocycles. The Balaban J connectivity index is 2.57. The minimum atomic E-state index is -3.65. The zero-order chi connectivity index (χ0) is 12.8. The first-order valence-corrected chi connectivity index (χ1v) is 7.47. The van der Waals surface area contributed by atoms with Gasteiger partial charge in [0, 0.05) is 18.2 Å². The monoisotopic (exact) mass is 277 g/mol. The van der Waals surface area contributed by atoms with Crippen LogP contribution in [0.2, 0.25) is 5.02 Å². The summed E-state index contributed by atoms with van der Waals surface area (Å²) in [5.41, 5.74) is 6.12. The first-order valence-electron chi connectivity index (χ1n) is 5.20. The van der Waals surface area contributed by atoms with Crippen LogP contribution in [0.4, 0.5) is 4.39 Å². The third-order valence-corrected chi connectivity index (χ3v) is 4.79. The zero-order valence-electron chi connectivity index (χ0n) is 9.33. The number of hydrogen-bond donors (Lipinski definition) is 1.